The van der Waals surface area contributed by atoms with Crippen LogP contribution in [0.4, 0.5) is 0 Å². The summed E-state index contributed by atoms with van der Waals surface area (Å²) >= 11 is 0. The second kappa shape index (κ2) is 6.33. The number of hydrogen-bond donors (Lipinski definition) is 0. The van der Waals surface area contributed by atoms with Crippen LogP contribution in [0, 0.1) is 6.92 Å². The van der Waals surface area contributed by atoms with Crippen molar-refractivity contribution in [3.8, 4) is 0 Å². The highest BCUT2D eigenvalue weighted by molar-refractivity contribution is 5.94. The quantitative estimate of drug-likeness (QED) is 0.851. The van der Waals surface area contributed by atoms with Gasteiger partial charge in [0.15, 0.2) is 0 Å². The van der Waals surface area contributed by atoms with Crippen molar-refractivity contribution in [2.45, 2.75) is 33.4 Å². The molecular formula is C17H20N2O. The van der Waals surface area contributed by atoms with E-state index >= 15 is 0 Å². The molecule has 0 bridgehead atoms. The third-order valence-electron chi connectivity index (χ3n) is 3.24. The SMILES string of the molecule is Cc1ccc(C(=O)N(Cc2ccccc2)C(C)C)cn1. The molecule has 0 unspecified atom stereocenters. The van der Waals surface area contributed by atoms with Crippen LogP contribution in [0.2, 0.25) is 0 Å². The molecule has 1 aromatic carbocycles. The number of pyridine rings is 1. The van der Waals surface area contributed by atoms with E-state index in [2.05, 4.69) is 4.98 Å². The summed E-state index contributed by atoms with van der Waals surface area (Å²) in [6, 6.07) is 13.9. The van der Waals surface area contributed by atoms with Gasteiger partial charge in [-0.3, -0.25) is 9.78 Å². The number of nitrogens with zero attached hydrogens (tertiary/aromatic N) is 2. The van der Waals surface area contributed by atoms with Crippen LogP contribution >= 0.6 is 0 Å². The van der Waals surface area contributed by atoms with Crippen molar-refractivity contribution < 1.29 is 4.79 Å². The standard InChI is InChI=1S/C17H20N2O/c1-13(2)19(12-15-7-5-4-6-8-15)17(20)16-10-9-14(3)18-11-16/h4-11,13H,12H2,1-3H3. The minimum atomic E-state index is 0.0244. The van der Waals surface area contributed by atoms with E-state index in [1.54, 1.807) is 6.20 Å². The summed E-state index contributed by atoms with van der Waals surface area (Å²) < 4.78 is 0. The van der Waals surface area contributed by atoms with Gasteiger partial charge >= 0.3 is 0 Å². The fourth-order valence-corrected chi connectivity index (χ4v) is 2.03. The predicted octanol–water partition coefficient (Wildman–Crippen LogP) is 3.44. The van der Waals surface area contributed by atoms with Crippen molar-refractivity contribution >= 4 is 5.91 Å². The Morgan fingerprint density at radius 1 is 1.15 bits per heavy atom. The van der Waals surface area contributed by atoms with Crippen molar-refractivity contribution in [2.75, 3.05) is 0 Å². The molecule has 0 atom stereocenters. The molecule has 2 aromatic rings. The van der Waals surface area contributed by atoms with Gasteiger partial charge in [0.2, 0.25) is 0 Å². The van der Waals surface area contributed by atoms with E-state index in [0.29, 0.717) is 12.1 Å². The molecule has 0 radical (unpaired) electrons. The summed E-state index contributed by atoms with van der Waals surface area (Å²) in [6.07, 6.45) is 1.65. The number of aryl methyl sites for hydroxylation is 1. The zero-order chi connectivity index (χ0) is 14.5. The summed E-state index contributed by atoms with van der Waals surface area (Å²) in [7, 11) is 0. The van der Waals surface area contributed by atoms with Gasteiger partial charge in [-0.1, -0.05) is 30.3 Å². The van der Waals surface area contributed by atoms with Gasteiger partial charge in [0.1, 0.15) is 0 Å². The summed E-state index contributed by atoms with van der Waals surface area (Å²) in [5.41, 5.74) is 2.69. The molecule has 0 aliphatic rings. The Morgan fingerprint density at radius 2 is 1.85 bits per heavy atom. The van der Waals surface area contributed by atoms with Crippen molar-refractivity contribution in [3.63, 3.8) is 0 Å². The van der Waals surface area contributed by atoms with Crippen LogP contribution in [-0.4, -0.2) is 21.8 Å². The number of carbonyl (C=O) groups excluding carboxylic acids is 1. The number of carbonyl (C=O) groups is 1. The molecule has 0 spiro atoms. The highest BCUT2D eigenvalue weighted by Crippen LogP contribution is 2.13. The van der Waals surface area contributed by atoms with Crippen LogP contribution < -0.4 is 0 Å². The number of amides is 1. The Morgan fingerprint density at radius 3 is 2.40 bits per heavy atom. The Bertz CT molecular complexity index is 561. The molecule has 0 fully saturated rings. The molecule has 1 amide bonds. The fourth-order valence-electron chi connectivity index (χ4n) is 2.03. The third-order valence-corrected chi connectivity index (χ3v) is 3.24. The minimum absolute atomic E-state index is 0.0244. The van der Waals surface area contributed by atoms with Gasteiger partial charge in [0.25, 0.3) is 5.91 Å². The van der Waals surface area contributed by atoms with Gasteiger partial charge < -0.3 is 4.90 Å². The summed E-state index contributed by atoms with van der Waals surface area (Å²) in [5, 5.41) is 0. The van der Waals surface area contributed by atoms with Gasteiger partial charge in [-0.25, -0.2) is 0 Å². The lowest BCUT2D eigenvalue weighted by molar-refractivity contribution is 0.0690. The Hall–Kier alpha value is -2.16. The molecule has 20 heavy (non-hydrogen) atoms. The zero-order valence-corrected chi connectivity index (χ0v) is 12.2. The van der Waals surface area contributed by atoms with E-state index in [1.165, 1.54) is 0 Å². The second-order valence-corrected chi connectivity index (χ2v) is 5.20. The maximum Gasteiger partial charge on any atom is 0.255 e. The molecule has 0 saturated heterocycles. The van der Waals surface area contributed by atoms with E-state index < -0.39 is 0 Å². The van der Waals surface area contributed by atoms with E-state index in [1.807, 2.05) is 68.1 Å². The number of rotatable bonds is 4. The smallest absolute Gasteiger partial charge is 0.255 e. The van der Waals surface area contributed by atoms with Crippen molar-refractivity contribution in [2.24, 2.45) is 0 Å². The first kappa shape index (κ1) is 14.3. The maximum absolute atomic E-state index is 12.6. The van der Waals surface area contributed by atoms with Gasteiger partial charge in [0, 0.05) is 24.5 Å². The van der Waals surface area contributed by atoms with Gasteiger partial charge in [0.05, 0.1) is 5.56 Å². The summed E-state index contributed by atoms with van der Waals surface area (Å²) in [6.45, 7) is 6.59. The molecule has 1 heterocycles. The van der Waals surface area contributed by atoms with Crippen molar-refractivity contribution in [1.82, 2.24) is 9.88 Å². The molecule has 104 valence electrons. The normalized spacial score (nSPS) is 10.6. The highest BCUT2D eigenvalue weighted by atomic mass is 16.2. The zero-order valence-electron chi connectivity index (χ0n) is 12.2. The lowest BCUT2D eigenvalue weighted by Gasteiger charge is -2.27. The topological polar surface area (TPSA) is 33.2 Å². The van der Waals surface area contributed by atoms with Crippen LogP contribution in [0.5, 0.6) is 0 Å². The van der Waals surface area contributed by atoms with Crippen LogP contribution in [0.25, 0.3) is 0 Å². The monoisotopic (exact) mass is 268 g/mol. The van der Waals surface area contributed by atoms with E-state index in [0.717, 1.165) is 11.3 Å². The molecular weight excluding hydrogens is 248 g/mol. The maximum atomic E-state index is 12.6. The van der Waals surface area contributed by atoms with Gasteiger partial charge in [-0.15, -0.1) is 0 Å². The van der Waals surface area contributed by atoms with E-state index in [-0.39, 0.29) is 11.9 Å². The number of hydrogen-bond acceptors (Lipinski definition) is 2. The highest BCUT2D eigenvalue weighted by Gasteiger charge is 2.19. The molecule has 0 N–H and O–H groups in total. The van der Waals surface area contributed by atoms with Crippen LogP contribution in [0.1, 0.15) is 35.5 Å². The van der Waals surface area contributed by atoms with Crippen LogP contribution in [-0.2, 0) is 6.54 Å². The summed E-state index contributed by atoms with van der Waals surface area (Å²) in [5.74, 6) is 0.0244. The van der Waals surface area contributed by atoms with Crippen molar-refractivity contribution in [3.05, 3.63) is 65.5 Å². The Balaban J connectivity index is 2.20. The lowest BCUT2D eigenvalue weighted by Crippen LogP contribution is -2.36. The second-order valence-electron chi connectivity index (χ2n) is 5.20. The summed E-state index contributed by atoms with van der Waals surface area (Å²) in [4.78, 5) is 18.7. The number of aromatic nitrogens is 1. The number of benzene rings is 1. The fraction of sp³-hybridized carbons (Fsp3) is 0.294. The first-order chi connectivity index (χ1) is 9.58. The van der Waals surface area contributed by atoms with E-state index in [4.69, 9.17) is 0 Å². The predicted molar refractivity (Wildman–Crippen MR) is 80.4 cm³/mol. The average Bonchev–Trinajstić information content (AvgIpc) is 2.45. The Kier molecular flexibility index (Phi) is 4.51. The van der Waals surface area contributed by atoms with Crippen molar-refractivity contribution in [1.29, 1.82) is 0 Å². The molecule has 0 aliphatic heterocycles. The van der Waals surface area contributed by atoms with Crippen LogP contribution in [0.15, 0.2) is 48.7 Å². The molecule has 3 nitrogen and oxygen atoms in total. The minimum Gasteiger partial charge on any atom is -0.332 e. The molecule has 3 heteroatoms. The van der Waals surface area contributed by atoms with Crippen LogP contribution in [0.3, 0.4) is 0 Å². The largest absolute Gasteiger partial charge is 0.332 e. The van der Waals surface area contributed by atoms with Gasteiger partial charge in [-0.2, -0.15) is 0 Å². The van der Waals surface area contributed by atoms with E-state index in [9.17, 15) is 4.79 Å². The molecule has 2 rings (SSSR count). The first-order valence-corrected chi connectivity index (χ1v) is 6.85. The molecule has 0 aliphatic carbocycles. The molecule has 1 aromatic heterocycles. The lowest BCUT2D eigenvalue weighted by atomic mass is 10.1. The average molecular weight is 268 g/mol. The van der Waals surface area contributed by atoms with Gasteiger partial charge in [-0.05, 0) is 38.5 Å². The molecule has 0 saturated carbocycles. The third kappa shape index (κ3) is 3.44. The first-order valence-electron chi connectivity index (χ1n) is 6.85. The Labute approximate surface area is 120 Å².